The van der Waals surface area contributed by atoms with Crippen molar-refractivity contribution >= 4 is 28.4 Å². The smallest absolute Gasteiger partial charge is 0.135 e. The van der Waals surface area contributed by atoms with Gasteiger partial charge in [0, 0.05) is 0 Å². The van der Waals surface area contributed by atoms with E-state index in [0.717, 1.165) is 15.9 Å². The Morgan fingerprint density at radius 1 is 1.38 bits per heavy atom. The number of aromatic nitrogens is 2. The minimum atomic E-state index is 0.738. The minimum Gasteiger partial charge on any atom is -0.383 e. The lowest BCUT2D eigenvalue weighted by molar-refractivity contribution is 0.693. The van der Waals surface area contributed by atoms with Gasteiger partial charge in [0.15, 0.2) is 0 Å². The third kappa shape index (κ3) is 2.07. The molecule has 0 aliphatic carbocycles. The Hall–Kier alpha value is -1.04. The molecule has 0 amide bonds. The van der Waals surface area contributed by atoms with Gasteiger partial charge in [0.25, 0.3) is 0 Å². The molecule has 16 heavy (non-hydrogen) atoms. The fourth-order valence-corrected chi connectivity index (χ4v) is 2.05. The summed E-state index contributed by atoms with van der Waals surface area (Å²) >= 11 is 2.19. The van der Waals surface area contributed by atoms with Crippen LogP contribution in [0.2, 0.25) is 0 Å². The largest absolute Gasteiger partial charge is 0.383 e. The molecule has 0 saturated carbocycles. The molecular weight excluding hydrogens is 313 g/mol. The number of nitrogens with zero attached hydrogens (tertiary/aromatic N) is 2. The zero-order valence-corrected chi connectivity index (χ0v) is 11.5. The van der Waals surface area contributed by atoms with Crippen LogP contribution in [-0.4, -0.2) is 9.78 Å². The van der Waals surface area contributed by atoms with Gasteiger partial charge in [-0.05, 0) is 53.1 Å². The highest BCUT2D eigenvalue weighted by molar-refractivity contribution is 14.1. The molecule has 0 aliphatic heterocycles. The highest BCUT2D eigenvalue weighted by Crippen LogP contribution is 2.18. The van der Waals surface area contributed by atoms with Crippen molar-refractivity contribution in [2.75, 3.05) is 5.73 Å². The molecule has 2 N–H and O–H groups in total. The van der Waals surface area contributed by atoms with Gasteiger partial charge in [0.2, 0.25) is 0 Å². The third-order valence-corrected chi connectivity index (χ3v) is 3.70. The van der Waals surface area contributed by atoms with E-state index in [1.807, 2.05) is 4.68 Å². The van der Waals surface area contributed by atoms with Gasteiger partial charge in [0.1, 0.15) is 5.82 Å². The number of aryl methyl sites for hydroxylation is 1. The molecule has 2 rings (SSSR count). The van der Waals surface area contributed by atoms with Crippen LogP contribution in [0, 0.1) is 17.4 Å². The highest BCUT2D eigenvalue weighted by Gasteiger charge is 2.07. The van der Waals surface area contributed by atoms with Crippen molar-refractivity contribution in [3.63, 3.8) is 0 Å². The number of benzene rings is 1. The molecule has 4 heteroatoms. The van der Waals surface area contributed by atoms with Crippen molar-refractivity contribution in [2.24, 2.45) is 0 Å². The first-order valence-electron chi connectivity index (χ1n) is 5.11. The fourth-order valence-electron chi connectivity index (χ4n) is 1.64. The maximum Gasteiger partial charge on any atom is 0.135 e. The second kappa shape index (κ2) is 4.45. The van der Waals surface area contributed by atoms with Crippen LogP contribution in [0.25, 0.3) is 0 Å². The molecule has 0 radical (unpaired) electrons. The van der Waals surface area contributed by atoms with E-state index in [4.69, 9.17) is 5.73 Å². The number of halogens is 1. The van der Waals surface area contributed by atoms with E-state index in [2.05, 4.69) is 59.7 Å². The standard InChI is InChI=1S/C12H14IN3/c1-8-4-3-5-10(9(8)2)7-16-12(14)11(13)6-15-16/h3-6H,7,14H2,1-2H3. The SMILES string of the molecule is Cc1cccc(Cn2ncc(I)c2N)c1C. The molecular formula is C12H14IN3. The zero-order chi connectivity index (χ0) is 11.7. The molecule has 1 aromatic carbocycles. The van der Waals surface area contributed by atoms with E-state index >= 15 is 0 Å². The van der Waals surface area contributed by atoms with Crippen molar-refractivity contribution in [3.8, 4) is 0 Å². The summed E-state index contributed by atoms with van der Waals surface area (Å²) in [5, 5.41) is 4.27. The van der Waals surface area contributed by atoms with Crippen molar-refractivity contribution in [1.29, 1.82) is 0 Å². The quantitative estimate of drug-likeness (QED) is 0.862. The molecule has 0 atom stereocenters. The van der Waals surface area contributed by atoms with Crippen LogP contribution in [0.3, 0.4) is 0 Å². The minimum absolute atomic E-state index is 0.738. The summed E-state index contributed by atoms with van der Waals surface area (Å²) in [6, 6.07) is 6.31. The first-order chi connectivity index (χ1) is 7.59. The molecule has 0 fully saturated rings. The predicted octanol–water partition coefficient (Wildman–Crippen LogP) is 2.74. The topological polar surface area (TPSA) is 43.8 Å². The Labute approximate surface area is 109 Å². The molecule has 1 heterocycles. The van der Waals surface area contributed by atoms with Crippen LogP contribution in [0.15, 0.2) is 24.4 Å². The van der Waals surface area contributed by atoms with Crippen LogP contribution in [0.1, 0.15) is 16.7 Å². The molecule has 1 aromatic heterocycles. The van der Waals surface area contributed by atoms with Crippen LogP contribution in [0.5, 0.6) is 0 Å². The summed E-state index contributed by atoms with van der Waals surface area (Å²) in [6.45, 7) is 4.99. The maximum atomic E-state index is 5.93. The summed E-state index contributed by atoms with van der Waals surface area (Å²) in [6.07, 6.45) is 1.79. The fraction of sp³-hybridized carbons (Fsp3) is 0.250. The van der Waals surface area contributed by atoms with Gasteiger partial charge in [-0.1, -0.05) is 18.2 Å². The molecule has 0 bridgehead atoms. The summed E-state index contributed by atoms with van der Waals surface area (Å²) < 4.78 is 2.84. The Morgan fingerprint density at radius 3 is 2.75 bits per heavy atom. The van der Waals surface area contributed by atoms with E-state index in [9.17, 15) is 0 Å². The van der Waals surface area contributed by atoms with Gasteiger partial charge in [-0.2, -0.15) is 5.10 Å². The van der Waals surface area contributed by atoms with E-state index in [0.29, 0.717) is 0 Å². The van der Waals surface area contributed by atoms with Crippen LogP contribution in [-0.2, 0) is 6.54 Å². The normalized spacial score (nSPS) is 10.7. The number of nitrogen functional groups attached to an aromatic ring is 1. The van der Waals surface area contributed by atoms with Gasteiger partial charge < -0.3 is 5.73 Å². The summed E-state index contributed by atoms with van der Waals surface area (Å²) in [5.74, 6) is 0.738. The maximum absolute atomic E-state index is 5.93. The number of nitrogens with two attached hydrogens (primary N) is 1. The Morgan fingerprint density at radius 2 is 2.12 bits per heavy atom. The number of hydrogen-bond donors (Lipinski definition) is 1. The average Bonchev–Trinajstić information content (AvgIpc) is 2.57. The second-order valence-corrected chi connectivity index (χ2v) is 5.06. The molecule has 0 spiro atoms. The second-order valence-electron chi connectivity index (χ2n) is 3.89. The molecule has 0 aliphatic rings. The Balaban J connectivity index is 2.34. The lowest BCUT2D eigenvalue weighted by atomic mass is 10.0. The van der Waals surface area contributed by atoms with Crippen molar-refractivity contribution < 1.29 is 0 Å². The van der Waals surface area contributed by atoms with Gasteiger partial charge in [-0.15, -0.1) is 0 Å². The Bertz CT molecular complexity index is 517. The first kappa shape index (κ1) is 11.4. The number of anilines is 1. The predicted molar refractivity (Wildman–Crippen MR) is 74.4 cm³/mol. The van der Waals surface area contributed by atoms with Gasteiger partial charge in [0.05, 0.1) is 16.3 Å². The molecule has 2 aromatic rings. The van der Waals surface area contributed by atoms with Gasteiger partial charge in [-0.3, -0.25) is 0 Å². The van der Waals surface area contributed by atoms with Crippen molar-refractivity contribution in [3.05, 3.63) is 44.7 Å². The number of hydrogen-bond acceptors (Lipinski definition) is 2. The van der Waals surface area contributed by atoms with Crippen LogP contribution in [0.4, 0.5) is 5.82 Å². The van der Waals surface area contributed by atoms with Crippen molar-refractivity contribution in [2.45, 2.75) is 20.4 Å². The molecule has 0 saturated heterocycles. The van der Waals surface area contributed by atoms with Crippen LogP contribution >= 0.6 is 22.6 Å². The lowest BCUT2D eigenvalue weighted by Gasteiger charge is -2.09. The zero-order valence-electron chi connectivity index (χ0n) is 9.37. The van der Waals surface area contributed by atoms with E-state index in [1.54, 1.807) is 6.20 Å². The lowest BCUT2D eigenvalue weighted by Crippen LogP contribution is -2.07. The first-order valence-corrected chi connectivity index (χ1v) is 6.19. The summed E-state index contributed by atoms with van der Waals surface area (Å²) in [7, 11) is 0. The van der Waals surface area contributed by atoms with E-state index < -0.39 is 0 Å². The highest BCUT2D eigenvalue weighted by atomic mass is 127. The molecule has 3 nitrogen and oxygen atoms in total. The summed E-state index contributed by atoms with van der Waals surface area (Å²) in [4.78, 5) is 0. The van der Waals surface area contributed by atoms with E-state index in [-0.39, 0.29) is 0 Å². The van der Waals surface area contributed by atoms with Gasteiger partial charge >= 0.3 is 0 Å². The van der Waals surface area contributed by atoms with Crippen molar-refractivity contribution in [1.82, 2.24) is 9.78 Å². The number of rotatable bonds is 2. The summed E-state index contributed by atoms with van der Waals surface area (Å²) in [5.41, 5.74) is 9.82. The van der Waals surface area contributed by atoms with Gasteiger partial charge in [-0.25, -0.2) is 4.68 Å². The molecule has 0 unspecified atom stereocenters. The third-order valence-electron chi connectivity index (χ3n) is 2.87. The van der Waals surface area contributed by atoms with Crippen LogP contribution < -0.4 is 5.73 Å². The monoisotopic (exact) mass is 327 g/mol. The average molecular weight is 327 g/mol. The molecule has 84 valence electrons. The Kier molecular flexibility index (Phi) is 3.18. The van der Waals surface area contributed by atoms with E-state index in [1.165, 1.54) is 16.7 Å².